The van der Waals surface area contributed by atoms with Crippen molar-refractivity contribution in [1.82, 2.24) is 14.7 Å². The molecule has 12 heteroatoms. The van der Waals surface area contributed by atoms with Crippen molar-refractivity contribution in [2.75, 3.05) is 29.3 Å². The summed E-state index contributed by atoms with van der Waals surface area (Å²) in [7, 11) is 1.62. The van der Waals surface area contributed by atoms with Crippen LogP contribution in [0.5, 0.6) is 5.75 Å². The van der Waals surface area contributed by atoms with E-state index in [2.05, 4.69) is 54.5 Å². The first-order valence-corrected chi connectivity index (χ1v) is 16.2. The number of nitrogens with zero attached hydrogens (tertiary/aromatic N) is 4. The molecular formula is C33H34N6O4S2. The van der Waals surface area contributed by atoms with Crippen LogP contribution in [0.4, 0.5) is 26.8 Å². The van der Waals surface area contributed by atoms with Crippen LogP contribution in [-0.4, -0.2) is 46.0 Å². The number of hydrogen-bond donors (Lipinski definition) is 2. The maximum Gasteiger partial charge on any atom is 0.416 e. The van der Waals surface area contributed by atoms with Gasteiger partial charge in [-0.15, -0.1) is 0 Å². The molecule has 2 aliphatic rings. The number of ether oxygens (including phenoxy) is 2. The minimum Gasteiger partial charge on any atom is -0.497 e. The summed E-state index contributed by atoms with van der Waals surface area (Å²) in [5, 5.41) is 10.7. The molecule has 0 aliphatic carbocycles. The maximum absolute atomic E-state index is 13.1. The first-order chi connectivity index (χ1) is 21.6. The molecule has 2 N–H and O–H groups in total. The van der Waals surface area contributed by atoms with Crippen molar-refractivity contribution in [2.45, 2.75) is 53.3 Å². The molecule has 232 valence electrons. The zero-order chi connectivity index (χ0) is 31.7. The number of methoxy groups -OCH3 is 1. The summed E-state index contributed by atoms with van der Waals surface area (Å²) in [6.07, 6.45) is 3.32. The Kier molecular flexibility index (Phi) is 8.43. The van der Waals surface area contributed by atoms with Gasteiger partial charge in [-0.05, 0) is 73.7 Å². The van der Waals surface area contributed by atoms with Gasteiger partial charge in [0.15, 0.2) is 5.50 Å². The number of urea groups is 1. The first kappa shape index (κ1) is 30.5. The van der Waals surface area contributed by atoms with Gasteiger partial charge in [0.1, 0.15) is 11.6 Å². The fourth-order valence-corrected chi connectivity index (χ4v) is 6.92. The van der Waals surface area contributed by atoms with Gasteiger partial charge >= 0.3 is 12.1 Å². The van der Waals surface area contributed by atoms with E-state index in [0.29, 0.717) is 18.1 Å². The van der Waals surface area contributed by atoms with E-state index in [1.165, 1.54) is 0 Å². The van der Waals surface area contributed by atoms with E-state index in [1.54, 1.807) is 53.3 Å². The van der Waals surface area contributed by atoms with Gasteiger partial charge in [-0.2, -0.15) is 5.10 Å². The number of anilines is 3. The predicted octanol–water partition coefficient (Wildman–Crippen LogP) is 8.11. The number of fused-ring (bicyclic) bond motifs is 3. The molecule has 3 amide bonds. The lowest BCUT2D eigenvalue weighted by Gasteiger charge is -2.23. The van der Waals surface area contributed by atoms with Crippen LogP contribution in [-0.2, 0) is 10.2 Å². The lowest BCUT2D eigenvalue weighted by Crippen LogP contribution is -2.37. The van der Waals surface area contributed by atoms with Crippen molar-refractivity contribution in [2.24, 2.45) is 0 Å². The fraction of sp³-hybridized carbons (Fsp3) is 0.242. The van der Waals surface area contributed by atoms with E-state index >= 15 is 0 Å². The predicted molar refractivity (Wildman–Crippen MR) is 179 cm³/mol. The molecule has 6 rings (SSSR count). The number of hydrogen-bond acceptors (Lipinski definition) is 8. The molecule has 4 aromatic rings. The molecule has 0 saturated carbocycles. The molecule has 0 bridgehead atoms. The largest absolute Gasteiger partial charge is 0.497 e. The molecule has 10 nitrogen and oxygen atoms in total. The monoisotopic (exact) mass is 642 g/mol. The molecule has 3 aromatic carbocycles. The molecule has 0 saturated heterocycles. The number of carbonyl (C=O) groups is 2. The smallest absolute Gasteiger partial charge is 0.416 e. The number of nitrogens with one attached hydrogen (secondary N) is 2. The molecule has 0 fully saturated rings. The SMILES string of the molecule is CCOC(=O)N1C=CN2c3cc(Sc4ccc(NC(=O)Nc5cc(C(C)(C)C)nn5-c5ccc(OC)cc5)cc4)ccc3SC12. The zero-order valence-corrected chi connectivity index (χ0v) is 27.2. The average molecular weight is 643 g/mol. The van der Waals surface area contributed by atoms with Gasteiger partial charge in [0.2, 0.25) is 0 Å². The van der Waals surface area contributed by atoms with Crippen molar-refractivity contribution >= 4 is 52.8 Å². The Morgan fingerprint density at radius 2 is 1.69 bits per heavy atom. The molecular weight excluding hydrogens is 609 g/mol. The second-order valence-electron chi connectivity index (χ2n) is 11.4. The summed E-state index contributed by atoms with van der Waals surface area (Å²) in [5.74, 6) is 1.30. The topological polar surface area (TPSA) is 101 Å². The highest BCUT2D eigenvalue weighted by molar-refractivity contribution is 8.00. The molecule has 1 atom stereocenters. The van der Waals surface area contributed by atoms with Crippen LogP contribution >= 0.6 is 23.5 Å². The summed E-state index contributed by atoms with van der Waals surface area (Å²) in [6.45, 7) is 8.38. The van der Waals surface area contributed by atoms with Crippen molar-refractivity contribution in [3.05, 3.63) is 90.9 Å². The van der Waals surface area contributed by atoms with E-state index in [1.807, 2.05) is 60.8 Å². The van der Waals surface area contributed by atoms with E-state index in [0.717, 1.165) is 37.5 Å². The van der Waals surface area contributed by atoms with E-state index in [-0.39, 0.29) is 23.0 Å². The van der Waals surface area contributed by atoms with Gasteiger partial charge in [0, 0.05) is 44.3 Å². The van der Waals surface area contributed by atoms with E-state index in [9.17, 15) is 9.59 Å². The number of amides is 3. The molecule has 1 unspecified atom stereocenters. The number of thioether (sulfide) groups is 1. The summed E-state index contributed by atoms with van der Waals surface area (Å²) in [5.41, 5.74) is 3.00. The summed E-state index contributed by atoms with van der Waals surface area (Å²) < 4.78 is 12.2. The Morgan fingerprint density at radius 1 is 0.956 bits per heavy atom. The number of rotatable bonds is 7. The van der Waals surface area contributed by atoms with Crippen LogP contribution in [0.3, 0.4) is 0 Å². The van der Waals surface area contributed by atoms with Crippen LogP contribution in [0.1, 0.15) is 33.4 Å². The Hall–Kier alpha value is -4.55. The second kappa shape index (κ2) is 12.4. The number of benzene rings is 3. The van der Waals surface area contributed by atoms with Crippen molar-refractivity contribution in [3.63, 3.8) is 0 Å². The quantitative estimate of drug-likeness (QED) is 0.209. The summed E-state index contributed by atoms with van der Waals surface area (Å²) in [4.78, 5) is 32.3. The Bertz CT molecular complexity index is 1750. The Morgan fingerprint density at radius 3 is 2.38 bits per heavy atom. The highest BCUT2D eigenvalue weighted by Crippen LogP contribution is 2.49. The average Bonchev–Trinajstić information content (AvgIpc) is 3.72. The molecule has 3 heterocycles. The van der Waals surface area contributed by atoms with Gasteiger partial charge in [-0.25, -0.2) is 14.3 Å². The molecule has 45 heavy (non-hydrogen) atoms. The van der Waals surface area contributed by atoms with Gasteiger partial charge in [0.25, 0.3) is 0 Å². The molecule has 1 aromatic heterocycles. The molecule has 0 spiro atoms. The van der Waals surface area contributed by atoms with Gasteiger partial charge in [-0.3, -0.25) is 10.2 Å². The Balaban J connectivity index is 1.11. The standard InChI is InChI=1S/C33H34N6O4S2/c1-6-43-32(41)38-18-17-37-26-19-25(15-16-27(26)45-31(37)38)44-24-13-7-21(8-14-24)34-30(40)35-29-20-28(33(2,3)4)36-39(29)22-9-11-23(42-5)12-10-22/h7-20,31H,6H2,1-5H3,(H2,34,35,40). The van der Waals surface area contributed by atoms with Crippen molar-refractivity contribution in [3.8, 4) is 11.4 Å². The van der Waals surface area contributed by atoms with Crippen LogP contribution in [0.25, 0.3) is 5.69 Å². The van der Waals surface area contributed by atoms with Crippen LogP contribution in [0.2, 0.25) is 0 Å². The lowest BCUT2D eigenvalue weighted by molar-refractivity contribution is 0.122. The Labute approximate surface area is 270 Å². The van der Waals surface area contributed by atoms with Crippen LogP contribution in [0, 0.1) is 0 Å². The normalized spacial score (nSPS) is 15.1. The van der Waals surface area contributed by atoms with Crippen LogP contribution in [0.15, 0.2) is 99.9 Å². The fourth-order valence-electron chi connectivity index (χ4n) is 4.84. The second-order valence-corrected chi connectivity index (χ2v) is 13.6. The minimum absolute atomic E-state index is 0.175. The summed E-state index contributed by atoms with van der Waals surface area (Å²) in [6, 6.07) is 23.0. The maximum atomic E-state index is 13.1. The van der Waals surface area contributed by atoms with E-state index < -0.39 is 0 Å². The lowest BCUT2D eigenvalue weighted by atomic mass is 9.92. The third-order valence-electron chi connectivity index (χ3n) is 7.17. The van der Waals surface area contributed by atoms with Crippen molar-refractivity contribution < 1.29 is 19.1 Å². The number of aromatic nitrogens is 2. The highest BCUT2D eigenvalue weighted by Gasteiger charge is 2.39. The highest BCUT2D eigenvalue weighted by atomic mass is 32.2. The molecule has 0 radical (unpaired) electrons. The van der Waals surface area contributed by atoms with E-state index in [4.69, 9.17) is 14.6 Å². The zero-order valence-electron chi connectivity index (χ0n) is 25.6. The van der Waals surface area contributed by atoms with Gasteiger partial charge in [0.05, 0.1) is 30.8 Å². The van der Waals surface area contributed by atoms with Crippen molar-refractivity contribution in [1.29, 1.82) is 0 Å². The van der Waals surface area contributed by atoms with Gasteiger partial charge < -0.3 is 19.7 Å². The first-order valence-electron chi connectivity index (χ1n) is 14.5. The third kappa shape index (κ3) is 6.47. The minimum atomic E-state index is -0.369. The third-order valence-corrected chi connectivity index (χ3v) is 9.43. The summed E-state index contributed by atoms with van der Waals surface area (Å²) >= 11 is 3.24. The van der Waals surface area contributed by atoms with Gasteiger partial charge in [-0.1, -0.05) is 44.3 Å². The molecule has 2 aliphatic heterocycles. The van der Waals surface area contributed by atoms with Crippen LogP contribution < -0.4 is 20.3 Å². The number of carbonyl (C=O) groups excluding carboxylic acids is 2.